The molecule has 1 aliphatic heterocycles. The van der Waals surface area contributed by atoms with Gasteiger partial charge in [0.15, 0.2) is 0 Å². The van der Waals surface area contributed by atoms with Gasteiger partial charge in [-0.3, -0.25) is 13.6 Å². The van der Waals surface area contributed by atoms with Gasteiger partial charge in [0, 0.05) is 2.74 Å². The average Bonchev–Trinajstić information content (AvgIpc) is 2.05. The van der Waals surface area contributed by atoms with Crippen LogP contribution in [0.2, 0.25) is 0 Å². The van der Waals surface area contributed by atoms with Gasteiger partial charge >= 0.3 is 7.82 Å². The lowest BCUT2D eigenvalue weighted by atomic mass is 9.87. The van der Waals surface area contributed by atoms with Crippen molar-refractivity contribution in [2.24, 2.45) is 5.41 Å². The highest BCUT2D eigenvalue weighted by atomic mass is 31.2. The summed E-state index contributed by atoms with van der Waals surface area (Å²) in [5.41, 5.74) is -1.66. The second-order valence-electron chi connectivity index (χ2n) is 5.84. The maximum absolute atomic E-state index is 12.5. The fourth-order valence-electron chi connectivity index (χ4n) is 1.06. The first kappa shape index (κ1) is 9.09. The molecule has 0 aromatic carbocycles. The first-order valence-corrected chi connectivity index (χ1v) is 6.66. The van der Waals surface area contributed by atoms with E-state index in [9.17, 15) is 4.57 Å². The molecule has 16 heavy (non-hydrogen) atoms. The molecule has 0 N–H and O–H groups in total. The van der Waals surface area contributed by atoms with Gasteiger partial charge in [-0.2, -0.15) is 0 Å². The van der Waals surface area contributed by atoms with Crippen molar-refractivity contribution in [3.05, 3.63) is 0 Å². The molecule has 5 heteroatoms. The first-order valence-electron chi connectivity index (χ1n) is 7.20. The van der Waals surface area contributed by atoms with Gasteiger partial charge in [0.25, 0.3) is 0 Å². The second kappa shape index (κ2) is 4.41. The van der Waals surface area contributed by atoms with Crippen LogP contribution in [-0.2, 0) is 18.1 Å². The van der Waals surface area contributed by atoms with Crippen LogP contribution in [0.4, 0.5) is 0 Å². The zero-order valence-corrected chi connectivity index (χ0v) is 11.6. The van der Waals surface area contributed by atoms with Crippen molar-refractivity contribution in [3.8, 4) is 0 Å². The van der Waals surface area contributed by atoms with Crippen molar-refractivity contribution in [2.75, 3.05) is 6.56 Å². The molecule has 0 radical (unpaired) electrons. The summed E-state index contributed by atoms with van der Waals surface area (Å²) in [6, 6.07) is 0. The van der Waals surface area contributed by atoms with Crippen LogP contribution in [0.15, 0.2) is 0 Å². The maximum atomic E-state index is 12.5. The van der Waals surface area contributed by atoms with Crippen LogP contribution in [0, 0.1) is 5.41 Å². The van der Waals surface area contributed by atoms with E-state index in [1.807, 2.05) is 0 Å². The SMILES string of the molecule is [2H]C1([2H])C(C(C)(C)C)OP(=O)(OC(C)(C)C)OC1([3H])[3H]. The monoisotopic (exact) mass is 256 g/mol. The number of hydrogen-bond acceptors (Lipinski definition) is 4. The van der Waals surface area contributed by atoms with E-state index in [-0.39, 0.29) is 0 Å². The molecule has 1 fully saturated rings. The fraction of sp³-hybridized carbons (Fsp3) is 1.00. The highest BCUT2D eigenvalue weighted by Crippen LogP contribution is 2.57. The summed E-state index contributed by atoms with van der Waals surface area (Å²) in [7, 11) is -4.20. The maximum Gasteiger partial charge on any atom is 0.475 e. The van der Waals surface area contributed by atoms with Crippen LogP contribution in [0.5, 0.6) is 0 Å². The molecule has 96 valence electrons. The molecule has 1 saturated heterocycles. The molecule has 0 aliphatic carbocycles. The van der Waals surface area contributed by atoms with E-state index in [1.165, 1.54) is 0 Å². The minimum atomic E-state index is -4.20. The summed E-state index contributed by atoms with van der Waals surface area (Å²) in [6.07, 6.45) is -3.73. The minimum Gasteiger partial charge on any atom is -0.287 e. The number of phosphoric ester groups is 1. The van der Waals surface area contributed by atoms with Crippen LogP contribution in [-0.4, -0.2) is 18.3 Å². The Balaban J connectivity index is 3.24. The molecule has 0 spiro atoms. The summed E-state index contributed by atoms with van der Waals surface area (Å²) in [4.78, 5) is 0. The van der Waals surface area contributed by atoms with E-state index in [2.05, 4.69) is 0 Å². The minimum absolute atomic E-state index is 0.780. The van der Waals surface area contributed by atoms with Gasteiger partial charge in [0.1, 0.15) is 0 Å². The van der Waals surface area contributed by atoms with E-state index >= 15 is 0 Å². The van der Waals surface area contributed by atoms with Gasteiger partial charge in [0.05, 0.1) is 21.0 Å². The topological polar surface area (TPSA) is 44.8 Å². The van der Waals surface area contributed by atoms with Gasteiger partial charge in [-0.25, -0.2) is 4.57 Å². The Kier molecular flexibility index (Phi) is 2.51. The van der Waals surface area contributed by atoms with Gasteiger partial charge < -0.3 is 0 Å². The van der Waals surface area contributed by atoms with Crippen molar-refractivity contribution in [1.29, 1.82) is 0 Å². The predicted molar refractivity (Wildman–Crippen MR) is 63.3 cm³/mol. The van der Waals surface area contributed by atoms with Crippen LogP contribution in [0.25, 0.3) is 0 Å². The molecule has 0 bridgehead atoms. The van der Waals surface area contributed by atoms with Crippen molar-refractivity contribution >= 4 is 7.82 Å². The van der Waals surface area contributed by atoms with E-state index in [0.717, 1.165) is 0 Å². The van der Waals surface area contributed by atoms with Crippen molar-refractivity contribution in [3.63, 3.8) is 0 Å². The lowest BCUT2D eigenvalue weighted by molar-refractivity contribution is -0.0416. The van der Waals surface area contributed by atoms with Gasteiger partial charge in [0.2, 0.25) is 0 Å². The standard InChI is InChI=1S/C11H23O4P/c1-10(2,3)9-7-8-13-16(12,14-9)15-11(4,5)6/h9H,7-8H2,1-6H3/i7D2,8T2. The van der Waals surface area contributed by atoms with Crippen LogP contribution >= 0.6 is 7.82 Å². The molecule has 0 saturated carbocycles. The highest BCUT2D eigenvalue weighted by Gasteiger charge is 2.42. The molecule has 2 atom stereocenters. The Morgan fingerprint density at radius 3 is 2.44 bits per heavy atom. The van der Waals surface area contributed by atoms with Gasteiger partial charge in [-0.05, 0) is 32.6 Å². The lowest BCUT2D eigenvalue weighted by Gasteiger charge is -2.38. The van der Waals surface area contributed by atoms with Crippen molar-refractivity contribution in [1.82, 2.24) is 0 Å². The molecule has 4 nitrogen and oxygen atoms in total. The summed E-state index contributed by atoms with van der Waals surface area (Å²) in [6.45, 7) is 7.15. The summed E-state index contributed by atoms with van der Waals surface area (Å²) < 4.78 is 59.1. The molecule has 0 aromatic heterocycles. The van der Waals surface area contributed by atoms with Gasteiger partial charge in [-0.1, -0.05) is 20.8 Å². The largest absolute Gasteiger partial charge is 0.475 e. The van der Waals surface area contributed by atoms with Crippen molar-refractivity contribution < 1.29 is 23.6 Å². The predicted octanol–water partition coefficient (Wildman–Crippen LogP) is 3.76. The average molecular weight is 256 g/mol. The van der Waals surface area contributed by atoms with E-state index < -0.39 is 37.9 Å². The van der Waals surface area contributed by atoms with Gasteiger partial charge in [-0.15, -0.1) is 0 Å². The third-order valence-corrected chi connectivity index (χ3v) is 3.31. The Morgan fingerprint density at radius 2 is 2.00 bits per heavy atom. The lowest BCUT2D eigenvalue weighted by Crippen LogP contribution is -2.34. The summed E-state index contributed by atoms with van der Waals surface area (Å²) >= 11 is 0. The van der Waals surface area contributed by atoms with E-state index in [4.69, 9.17) is 19.1 Å². The molecule has 0 aromatic rings. The Hall–Kier alpha value is 0.110. The van der Waals surface area contributed by atoms with Crippen LogP contribution in [0.1, 0.15) is 53.4 Å². The molecule has 1 aliphatic rings. The molecule has 2 unspecified atom stereocenters. The first-order chi connectivity index (χ1) is 8.50. The van der Waals surface area contributed by atoms with Crippen molar-refractivity contribution in [2.45, 2.75) is 59.6 Å². The van der Waals surface area contributed by atoms with Crippen LogP contribution < -0.4 is 0 Å². The number of phosphoric acid groups is 1. The van der Waals surface area contributed by atoms with E-state index in [0.29, 0.717) is 0 Å². The smallest absolute Gasteiger partial charge is 0.287 e. The molecule has 1 heterocycles. The Labute approximate surface area is 104 Å². The zero-order chi connectivity index (χ0) is 16.2. The number of hydrogen-bond donors (Lipinski definition) is 0. The fourth-order valence-corrected chi connectivity index (χ4v) is 2.65. The van der Waals surface area contributed by atoms with Crippen LogP contribution in [0.3, 0.4) is 0 Å². The number of rotatable bonds is 1. The second-order valence-corrected chi connectivity index (χ2v) is 7.31. The summed E-state index contributed by atoms with van der Waals surface area (Å²) in [5.74, 6) is 0. The molecular weight excluding hydrogens is 227 g/mol. The Bertz CT molecular complexity index is 425. The Morgan fingerprint density at radius 1 is 1.44 bits per heavy atom. The molecule has 1 rings (SSSR count). The third-order valence-electron chi connectivity index (χ3n) is 1.75. The molecule has 0 amide bonds. The summed E-state index contributed by atoms with van der Waals surface area (Å²) in [5, 5.41) is 0. The molecular formula is C11H23O4P. The van der Waals surface area contributed by atoms with E-state index in [1.54, 1.807) is 41.5 Å². The zero-order valence-electron chi connectivity index (χ0n) is 14.7. The highest BCUT2D eigenvalue weighted by molar-refractivity contribution is 7.48. The quantitative estimate of drug-likeness (QED) is 0.670. The normalized spacial score (nSPS) is 42.8. The third kappa shape index (κ3) is 4.17.